The number of methoxy groups -OCH3 is 1. The Hall–Kier alpha value is -2.16. The lowest BCUT2D eigenvalue weighted by Crippen LogP contribution is -1.96. The molecule has 2 rings (SSSR count). The molecule has 0 heterocycles. The highest BCUT2D eigenvalue weighted by atomic mass is 16.5. The van der Waals surface area contributed by atoms with E-state index in [9.17, 15) is 10.2 Å². The smallest absolute Gasteiger partial charge is 0.122 e. The molecule has 23 heavy (non-hydrogen) atoms. The van der Waals surface area contributed by atoms with Crippen LogP contribution in [0.5, 0.6) is 17.2 Å². The molecule has 126 valence electrons. The van der Waals surface area contributed by atoms with Crippen LogP contribution in [0.1, 0.15) is 43.0 Å². The number of phenolic OH excluding ortho intramolecular Hbond substituents is 2. The van der Waals surface area contributed by atoms with Gasteiger partial charge in [-0.25, -0.2) is 0 Å². The number of benzene rings is 2. The number of aromatic hydroxyl groups is 2. The normalized spacial score (nSPS) is 9.96. The van der Waals surface area contributed by atoms with Gasteiger partial charge in [0.25, 0.3) is 0 Å². The summed E-state index contributed by atoms with van der Waals surface area (Å²) in [7, 11) is 1.59. The van der Waals surface area contributed by atoms with Gasteiger partial charge >= 0.3 is 0 Å². The second-order valence-corrected chi connectivity index (χ2v) is 5.31. The standard InChI is InChI=1S/C18H22O3.C2H6/c1-4-15-8-13(7-12(2)18(15)20)5-6-14-9-16(19)11-17(10-14)21-3;1-2/h7-11,19-20H,4-6H2,1-3H3;1-2H3. The van der Waals surface area contributed by atoms with E-state index in [2.05, 4.69) is 6.07 Å². The Morgan fingerprint density at radius 2 is 1.52 bits per heavy atom. The molecule has 0 spiro atoms. The van der Waals surface area contributed by atoms with Gasteiger partial charge in [0.1, 0.15) is 17.2 Å². The fourth-order valence-corrected chi connectivity index (χ4v) is 2.54. The SMILES string of the molecule is CC.CCc1cc(CCc2cc(O)cc(OC)c2)cc(C)c1O. The maximum Gasteiger partial charge on any atom is 0.122 e. The first-order valence-electron chi connectivity index (χ1n) is 8.21. The molecule has 2 aromatic rings. The molecular formula is C20H28O3. The van der Waals surface area contributed by atoms with Crippen molar-refractivity contribution in [1.82, 2.24) is 0 Å². The van der Waals surface area contributed by atoms with Crippen LogP contribution in [-0.4, -0.2) is 17.3 Å². The second kappa shape index (κ2) is 9.09. The summed E-state index contributed by atoms with van der Waals surface area (Å²) in [4.78, 5) is 0. The topological polar surface area (TPSA) is 49.7 Å². The van der Waals surface area contributed by atoms with E-state index >= 15 is 0 Å². The van der Waals surface area contributed by atoms with Crippen molar-refractivity contribution in [2.24, 2.45) is 0 Å². The van der Waals surface area contributed by atoms with Crippen LogP contribution in [0, 0.1) is 6.92 Å². The van der Waals surface area contributed by atoms with Gasteiger partial charge in [-0.3, -0.25) is 0 Å². The molecule has 0 atom stereocenters. The molecule has 0 radical (unpaired) electrons. The number of phenols is 2. The summed E-state index contributed by atoms with van der Waals surface area (Å²) < 4.78 is 5.17. The van der Waals surface area contributed by atoms with Gasteiger partial charge in [0.05, 0.1) is 7.11 Å². The predicted molar refractivity (Wildman–Crippen MR) is 95.6 cm³/mol. The molecule has 3 nitrogen and oxygen atoms in total. The van der Waals surface area contributed by atoms with Gasteiger partial charge in [-0.1, -0.05) is 32.9 Å². The summed E-state index contributed by atoms with van der Waals surface area (Å²) in [5, 5.41) is 19.6. The van der Waals surface area contributed by atoms with E-state index in [0.29, 0.717) is 11.5 Å². The van der Waals surface area contributed by atoms with Crippen LogP contribution in [0.2, 0.25) is 0 Å². The van der Waals surface area contributed by atoms with Gasteiger partial charge in [-0.15, -0.1) is 0 Å². The van der Waals surface area contributed by atoms with Crippen molar-refractivity contribution >= 4 is 0 Å². The molecule has 2 N–H and O–H groups in total. The molecule has 0 fully saturated rings. The number of hydrogen-bond acceptors (Lipinski definition) is 3. The van der Waals surface area contributed by atoms with Crippen molar-refractivity contribution in [3.63, 3.8) is 0 Å². The van der Waals surface area contributed by atoms with Gasteiger partial charge in [-0.05, 0) is 60.6 Å². The highest BCUT2D eigenvalue weighted by molar-refractivity contribution is 5.43. The van der Waals surface area contributed by atoms with Crippen LogP contribution in [0.15, 0.2) is 30.3 Å². The first kappa shape index (κ1) is 18.9. The molecule has 0 aliphatic heterocycles. The van der Waals surface area contributed by atoms with Crippen LogP contribution >= 0.6 is 0 Å². The predicted octanol–water partition coefficient (Wildman–Crippen LogP) is 4.79. The maximum absolute atomic E-state index is 9.96. The third-order valence-electron chi connectivity index (χ3n) is 3.71. The molecule has 0 saturated heterocycles. The minimum atomic E-state index is 0.223. The van der Waals surface area contributed by atoms with E-state index in [1.54, 1.807) is 19.2 Å². The fraction of sp³-hybridized carbons (Fsp3) is 0.400. The van der Waals surface area contributed by atoms with E-state index in [1.807, 2.05) is 39.8 Å². The Bertz CT molecular complexity index is 633. The zero-order chi connectivity index (χ0) is 17.4. The zero-order valence-corrected chi connectivity index (χ0v) is 14.8. The summed E-state index contributed by atoms with van der Waals surface area (Å²) in [5.41, 5.74) is 4.14. The Morgan fingerprint density at radius 1 is 0.913 bits per heavy atom. The van der Waals surface area contributed by atoms with E-state index in [4.69, 9.17) is 4.74 Å². The van der Waals surface area contributed by atoms with Crippen molar-refractivity contribution in [2.45, 2.75) is 47.0 Å². The molecule has 0 bridgehead atoms. The van der Waals surface area contributed by atoms with Crippen molar-refractivity contribution < 1.29 is 14.9 Å². The van der Waals surface area contributed by atoms with Gasteiger partial charge in [0.2, 0.25) is 0 Å². The molecule has 0 aromatic heterocycles. The van der Waals surface area contributed by atoms with E-state index in [-0.39, 0.29) is 5.75 Å². The van der Waals surface area contributed by atoms with Crippen molar-refractivity contribution in [1.29, 1.82) is 0 Å². The van der Waals surface area contributed by atoms with Crippen molar-refractivity contribution in [3.8, 4) is 17.2 Å². The third kappa shape index (κ3) is 5.20. The first-order chi connectivity index (χ1) is 11.0. The van der Waals surface area contributed by atoms with E-state index in [1.165, 1.54) is 5.56 Å². The largest absolute Gasteiger partial charge is 0.508 e. The minimum absolute atomic E-state index is 0.223. The molecule has 0 unspecified atom stereocenters. The lowest BCUT2D eigenvalue weighted by atomic mass is 9.98. The van der Waals surface area contributed by atoms with Crippen LogP contribution in [-0.2, 0) is 19.3 Å². The molecule has 3 heteroatoms. The molecule has 0 aliphatic rings. The third-order valence-corrected chi connectivity index (χ3v) is 3.71. The molecule has 0 amide bonds. The van der Waals surface area contributed by atoms with Crippen molar-refractivity contribution in [3.05, 3.63) is 52.6 Å². The number of ether oxygens (including phenoxy) is 1. The zero-order valence-electron chi connectivity index (χ0n) is 14.8. The van der Waals surface area contributed by atoms with Gasteiger partial charge < -0.3 is 14.9 Å². The number of aryl methyl sites for hydroxylation is 4. The monoisotopic (exact) mass is 316 g/mol. The van der Waals surface area contributed by atoms with Crippen LogP contribution < -0.4 is 4.74 Å². The van der Waals surface area contributed by atoms with Crippen LogP contribution in [0.3, 0.4) is 0 Å². The van der Waals surface area contributed by atoms with Crippen LogP contribution in [0.25, 0.3) is 0 Å². The molecular weight excluding hydrogens is 288 g/mol. The molecule has 0 aliphatic carbocycles. The van der Waals surface area contributed by atoms with E-state index < -0.39 is 0 Å². The number of rotatable bonds is 5. The van der Waals surface area contributed by atoms with Gasteiger partial charge in [-0.2, -0.15) is 0 Å². The van der Waals surface area contributed by atoms with E-state index in [0.717, 1.165) is 36.0 Å². The Morgan fingerprint density at radius 3 is 2.09 bits per heavy atom. The molecule has 0 saturated carbocycles. The van der Waals surface area contributed by atoms with Gasteiger partial charge in [0, 0.05) is 6.07 Å². The first-order valence-corrected chi connectivity index (χ1v) is 8.21. The van der Waals surface area contributed by atoms with Gasteiger partial charge in [0.15, 0.2) is 0 Å². The molecule has 2 aromatic carbocycles. The van der Waals surface area contributed by atoms with Crippen LogP contribution in [0.4, 0.5) is 0 Å². The summed E-state index contributed by atoms with van der Waals surface area (Å²) in [6, 6.07) is 9.38. The Kier molecular flexibility index (Phi) is 7.46. The highest BCUT2D eigenvalue weighted by Gasteiger charge is 2.07. The highest BCUT2D eigenvalue weighted by Crippen LogP contribution is 2.26. The summed E-state index contributed by atoms with van der Waals surface area (Å²) in [5.74, 6) is 1.29. The summed E-state index contributed by atoms with van der Waals surface area (Å²) in [6.07, 6.45) is 2.50. The lowest BCUT2D eigenvalue weighted by molar-refractivity contribution is 0.407. The maximum atomic E-state index is 9.96. The quantitative estimate of drug-likeness (QED) is 0.834. The Labute approximate surface area is 139 Å². The Balaban J connectivity index is 0.00000127. The average Bonchev–Trinajstić information content (AvgIpc) is 2.57. The second-order valence-electron chi connectivity index (χ2n) is 5.31. The fourth-order valence-electron chi connectivity index (χ4n) is 2.54. The number of hydrogen-bond donors (Lipinski definition) is 2. The van der Waals surface area contributed by atoms with Crippen molar-refractivity contribution in [2.75, 3.05) is 7.11 Å². The summed E-state index contributed by atoms with van der Waals surface area (Å²) >= 11 is 0. The summed E-state index contributed by atoms with van der Waals surface area (Å²) in [6.45, 7) is 7.97. The minimum Gasteiger partial charge on any atom is -0.508 e. The lowest BCUT2D eigenvalue weighted by Gasteiger charge is -2.10. The average molecular weight is 316 g/mol.